The Hall–Kier alpha value is -1.63. The number of hydrogen-bond acceptors (Lipinski definition) is 4. The normalized spacial score (nSPS) is 18.5. The van der Waals surface area contributed by atoms with Gasteiger partial charge in [0.05, 0.1) is 5.60 Å². The Kier molecular flexibility index (Phi) is 3.90. The molecule has 1 heterocycles. The molecule has 2 N–H and O–H groups in total. The van der Waals surface area contributed by atoms with Crippen molar-refractivity contribution in [3.05, 3.63) is 0 Å². The molecule has 1 rings (SSSR count). The number of amides is 4. The van der Waals surface area contributed by atoms with Crippen LogP contribution in [0.1, 0.15) is 27.7 Å². The quantitative estimate of drug-likeness (QED) is 0.677. The van der Waals surface area contributed by atoms with E-state index in [2.05, 4.69) is 5.32 Å². The highest BCUT2D eigenvalue weighted by Gasteiger charge is 2.45. The number of nitrogens with zero attached hydrogens (tertiary/aromatic N) is 2. The van der Waals surface area contributed by atoms with Gasteiger partial charge in [-0.1, -0.05) is 0 Å². The van der Waals surface area contributed by atoms with Gasteiger partial charge in [0.2, 0.25) is 5.91 Å². The molecule has 1 fully saturated rings. The predicted molar refractivity (Wildman–Crippen MR) is 68.3 cm³/mol. The monoisotopic (exact) mass is 271 g/mol. The minimum atomic E-state index is -1.03. The summed E-state index contributed by atoms with van der Waals surface area (Å²) < 4.78 is 0. The first-order valence-electron chi connectivity index (χ1n) is 6.04. The van der Waals surface area contributed by atoms with Gasteiger partial charge in [0.15, 0.2) is 0 Å². The molecule has 0 aromatic rings. The van der Waals surface area contributed by atoms with Crippen molar-refractivity contribution in [3.63, 3.8) is 0 Å². The van der Waals surface area contributed by atoms with Crippen LogP contribution in [-0.2, 0) is 9.59 Å². The fourth-order valence-electron chi connectivity index (χ4n) is 1.89. The van der Waals surface area contributed by atoms with Gasteiger partial charge < -0.3 is 15.3 Å². The van der Waals surface area contributed by atoms with Crippen LogP contribution in [0.2, 0.25) is 0 Å². The fourth-order valence-corrected chi connectivity index (χ4v) is 1.89. The Morgan fingerprint density at radius 3 is 2.32 bits per heavy atom. The lowest BCUT2D eigenvalue weighted by Gasteiger charge is -2.26. The summed E-state index contributed by atoms with van der Waals surface area (Å²) in [5.74, 6) is -0.828. The van der Waals surface area contributed by atoms with Crippen molar-refractivity contribution < 1.29 is 19.5 Å². The molecule has 0 radical (unpaired) electrons. The second-order valence-corrected chi connectivity index (χ2v) is 6.01. The molecule has 0 aromatic carbocycles. The van der Waals surface area contributed by atoms with Gasteiger partial charge in [-0.25, -0.2) is 4.79 Å². The molecule has 19 heavy (non-hydrogen) atoms. The lowest BCUT2D eigenvalue weighted by Crippen LogP contribution is -2.46. The smallest absolute Gasteiger partial charge is 0.325 e. The van der Waals surface area contributed by atoms with Crippen LogP contribution < -0.4 is 5.32 Å². The van der Waals surface area contributed by atoms with Crippen molar-refractivity contribution in [3.8, 4) is 0 Å². The topological polar surface area (TPSA) is 89.9 Å². The molecule has 0 spiro atoms. The molecular formula is C12H21N3O4. The molecule has 1 aliphatic heterocycles. The zero-order chi connectivity index (χ0) is 15.0. The number of hydrogen-bond donors (Lipinski definition) is 2. The van der Waals surface area contributed by atoms with Crippen molar-refractivity contribution in [1.29, 1.82) is 0 Å². The standard InChI is InChI=1S/C12H21N3O4/c1-11(2,19)7-14(5)8(16)6-15-9(17)12(3,4)13-10(15)18/h19H,6-7H2,1-5H3,(H,13,18). The number of urea groups is 1. The van der Waals surface area contributed by atoms with E-state index in [4.69, 9.17) is 0 Å². The third kappa shape index (κ3) is 3.66. The number of rotatable bonds is 4. The van der Waals surface area contributed by atoms with E-state index in [0.29, 0.717) is 0 Å². The predicted octanol–water partition coefficient (Wildman–Crippen LogP) is -0.454. The first-order chi connectivity index (χ1) is 8.44. The largest absolute Gasteiger partial charge is 0.389 e. The summed E-state index contributed by atoms with van der Waals surface area (Å²) >= 11 is 0. The lowest BCUT2D eigenvalue weighted by atomic mass is 10.1. The van der Waals surface area contributed by atoms with Gasteiger partial charge in [0.25, 0.3) is 5.91 Å². The maximum absolute atomic E-state index is 11.9. The van der Waals surface area contributed by atoms with Crippen molar-refractivity contribution in [2.75, 3.05) is 20.1 Å². The molecule has 0 aliphatic carbocycles. The first-order valence-corrected chi connectivity index (χ1v) is 6.04. The first kappa shape index (κ1) is 15.4. The van der Waals surface area contributed by atoms with Crippen LogP contribution in [-0.4, -0.2) is 64.0 Å². The Morgan fingerprint density at radius 2 is 1.95 bits per heavy atom. The SMILES string of the molecule is CN(CC(C)(C)O)C(=O)CN1C(=O)NC(C)(C)C1=O. The Morgan fingerprint density at radius 1 is 1.42 bits per heavy atom. The summed E-state index contributed by atoms with van der Waals surface area (Å²) in [6.45, 7) is 6.12. The number of carbonyl (C=O) groups excluding carboxylic acids is 3. The van der Waals surface area contributed by atoms with Gasteiger partial charge >= 0.3 is 6.03 Å². The van der Waals surface area contributed by atoms with Crippen LogP contribution in [0.3, 0.4) is 0 Å². The maximum atomic E-state index is 11.9. The van der Waals surface area contributed by atoms with E-state index in [1.165, 1.54) is 11.9 Å². The number of likely N-dealkylation sites (N-methyl/N-ethyl adjacent to an activating group) is 1. The minimum absolute atomic E-state index is 0.124. The molecule has 0 unspecified atom stereocenters. The van der Waals surface area contributed by atoms with Gasteiger partial charge in [0.1, 0.15) is 12.1 Å². The Labute approximate surface area is 112 Å². The summed E-state index contributed by atoms with van der Waals surface area (Å²) in [5.41, 5.74) is -2.01. The zero-order valence-electron chi connectivity index (χ0n) is 12.0. The van der Waals surface area contributed by atoms with Gasteiger partial charge in [-0.2, -0.15) is 0 Å². The van der Waals surface area contributed by atoms with Crippen molar-refractivity contribution in [2.24, 2.45) is 0 Å². The summed E-state index contributed by atoms with van der Waals surface area (Å²) in [7, 11) is 1.52. The van der Waals surface area contributed by atoms with Gasteiger partial charge in [-0.3, -0.25) is 14.5 Å². The summed E-state index contributed by atoms with van der Waals surface area (Å²) in [6, 6.07) is -0.569. The van der Waals surface area contributed by atoms with Crippen LogP contribution in [0.5, 0.6) is 0 Å². The Balaban J connectivity index is 2.68. The fraction of sp³-hybridized carbons (Fsp3) is 0.750. The number of nitrogens with one attached hydrogen (secondary N) is 1. The average Bonchev–Trinajstić information content (AvgIpc) is 2.38. The highest BCUT2D eigenvalue weighted by atomic mass is 16.3. The lowest BCUT2D eigenvalue weighted by molar-refractivity contribution is -0.139. The van der Waals surface area contributed by atoms with E-state index in [-0.39, 0.29) is 13.1 Å². The highest BCUT2D eigenvalue weighted by molar-refractivity contribution is 6.08. The third-order valence-corrected chi connectivity index (χ3v) is 2.79. The van der Waals surface area contributed by atoms with Crippen LogP contribution in [0.25, 0.3) is 0 Å². The van der Waals surface area contributed by atoms with E-state index in [9.17, 15) is 19.5 Å². The molecule has 0 bridgehead atoms. The van der Waals surface area contributed by atoms with Crippen LogP contribution >= 0.6 is 0 Å². The maximum Gasteiger partial charge on any atom is 0.325 e. The van der Waals surface area contributed by atoms with E-state index >= 15 is 0 Å². The molecule has 1 aliphatic rings. The second-order valence-electron chi connectivity index (χ2n) is 6.01. The Bertz CT molecular complexity index is 412. The highest BCUT2D eigenvalue weighted by Crippen LogP contribution is 2.16. The van der Waals surface area contributed by atoms with Crippen molar-refractivity contribution in [1.82, 2.24) is 15.1 Å². The number of imide groups is 1. The van der Waals surface area contributed by atoms with Gasteiger partial charge in [0, 0.05) is 13.6 Å². The zero-order valence-corrected chi connectivity index (χ0v) is 12.0. The second kappa shape index (κ2) is 4.80. The van der Waals surface area contributed by atoms with Gasteiger partial charge in [-0.15, -0.1) is 0 Å². The molecule has 0 aromatic heterocycles. The van der Waals surface area contributed by atoms with E-state index < -0.39 is 29.0 Å². The molecule has 4 amide bonds. The summed E-state index contributed by atoms with van der Waals surface area (Å²) in [5, 5.41) is 12.1. The summed E-state index contributed by atoms with van der Waals surface area (Å²) in [6.07, 6.45) is 0. The minimum Gasteiger partial charge on any atom is -0.389 e. The van der Waals surface area contributed by atoms with Gasteiger partial charge in [-0.05, 0) is 27.7 Å². The third-order valence-electron chi connectivity index (χ3n) is 2.79. The van der Waals surface area contributed by atoms with Crippen LogP contribution in [0.4, 0.5) is 4.79 Å². The molecule has 108 valence electrons. The van der Waals surface area contributed by atoms with Crippen LogP contribution in [0, 0.1) is 0 Å². The molecule has 7 nitrogen and oxygen atoms in total. The molecule has 7 heteroatoms. The average molecular weight is 271 g/mol. The van der Waals surface area contributed by atoms with Crippen molar-refractivity contribution >= 4 is 17.8 Å². The van der Waals surface area contributed by atoms with E-state index in [0.717, 1.165) is 4.90 Å². The number of aliphatic hydroxyl groups is 1. The van der Waals surface area contributed by atoms with E-state index in [1.807, 2.05) is 0 Å². The molecule has 0 saturated carbocycles. The van der Waals surface area contributed by atoms with Crippen LogP contribution in [0.15, 0.2) is 0 Å². The van der Waals surface area contributed by atoms with Crippen molar-refractivity contribution in [2.45, 2.75) is 38.8 Å². The number of carbonyl (C=O) groups is 3. The van der Waals surface area contributed by atoms with E-state index in [1.54, 1.807) is 27.7 Å². The molecule has 1 saturated heterocycles. The molecule has 0 atom stereocenters. The summed E-state index contributed by atoms with van der Waals surface area (Å²) in [4.78, 5) is 37.6. The molecular weight excluding hydrogens is 250 g/mol.